The van der Waals surface area contributed by atoms with Crippen LogP contribution in [-0.2, 0) is 6.61 Å². The molecule has 2 rings (SSSR count). The fourth-order valence-electron chi connectivity index (χ4n) is 1.72. The van der Waals surface area contributed by atoms with E-state index >= 15 is 0 Å². The van der Waals surface area contributed by atoms with Crippen molar-refractivity contribution in [2.45, 2.75) is 6.61 Å². The van der Waals surface area contributed by atoms with Gasteiger partial charge in [-0.15, -0.1) is 0 Å². The molecule has 19 heavy (non-hydrogen) atoms. The van der Waals surface area contributed by atoms with Crippen molar-refractivity contribution in [1.82, 2.24) is 10.2 Å². The van der Waals surface area contributed by atoms with Crippen molar-refractivity contribution in [3.63, 3.8) is 0 Å². The van der Waals surface area contributed by atoms with E-state index in [4.69, 9.17) is 14.6 Å². The maximum atomic E-state index is 11.4. The summed E-state index contributed by atoms with van der Waals surface area (Å²) in [5.41, 5.74) is 1.01. The van der Waals surface area contributed by atoms with Crippen LogP contribution in [0.3, 0.4) is 0 Å². The van der Waals surface area contributed by atoms with E-state index in [-0.39, 0.29) is 12.2 Å². The van der Waals surface area contributed by atoms with Gasteiger partial charge in [-0.25, -0.2) is 5.10 Å². The zero-order valence-electron chi connectivity index (χ0n) is 10.6. The number of nitrogens with one attached hydrogen (secondary N) is 1. The number of aromatic amines is 1. The highest BCUT2D eigenvalue weighted by Crippen LogP contribution is 2.31. The average molecular weight is 262 g/mol. The first kappa shape index (κ1) is 13.1. The Kier molecular flexibility index (Phi) is 3.82. The Morgan fingerprint density at radius 3 is 2.68 bits per heavy atom. The van der Waals surface area contributed by atoms with Crippen LogP contribution in [0.1, 0.15) is 5.56 Å². The Labute approximate surface area is 109 Å². The minimum absolute atomic E-state index is 0.245. The highest BCUT2D eigenvalue weighted by atomic mass is 16.5. The van der Waals surface area contributed by atoms with Crippen molar-refractivity contribution < 1.29 is 14.6 Å². The lowest BCUT2D eigenvalue weighted by Gasteiger charge is -2.10. The molecule has 0 aliphatic heterocycles. The van der Waals surface area contributed by atoms with Crippen LogP contribution in [0.2, 0.25) is 0 Å². The number of nitrogens with zero attached hydrogens (tertiary/aromatic N) is 1. The molecule has 2 aromatic rings. The van der Waals surface area contributed by atoms with Gasteiger partial charge in [0, 0.05) is 11.1 Å². The minimum Gasteiger partial charge on any atom is -0.497 e. The van der Waals surface area contributed by atoms with E-state index in [1.54, 1.807) is 32.4 Å². The number of ether oxygens (including phenoxy) is 2. The van der Waals surface area contributed by atoms with E-state index in [0.29, 0.717) is 22.8 Å². The standard InChI is InChI=1S/C13H14N2O4/c1-18-9-3-4-12(19-2)10(6-9)11-5-8(7-16)13(17)15-14-11/h3-6,16H,7H2,1-2H3,(H,15,17). The Bertz CT molecular complexity index is 637. The summed E-state index contributed by atoms with van der Waals surface area (Å²) >= 11 is 0. The highest BCUT2D eigenvalue weighted by Gasteiger charge is 2.11. The first-order valence-corrected chi connectivity index (χ1v) is 5.61. The lowest BCUT2D eigenvalue weighted by molar-refractivity contribution is 0.280. The number of H-pyrrole nitrogens is 1. The fraction of sp³-hybridized carbons (Fsp3) is 0.231. The van der Waals surface area contributed by atoms with Crippen LogP contribution in [-0.4, -0.2) is 29.5 Å². The number of aromatic nitrogens is 2. The predicted octanol–water partition coefficient (Wildman–Crippen LogP) is 0.946. The normalized spacial score (nSPS) is 10.3. The van der Waals surface area contributed by atoms with Crippen molar-refractivity contribution >= 4 is 0 Å². The number of hydrogen-bond acceptors (Lipinski definition) is 5. The van der Waals surface area contributed by atoms with Gasteiger partial charge in [-0.1, -0.05) is 0 Å². The summed E-state index contributed by atoms with van der Waals surface area (Å²) in [5.74, 6) is 1.25. The molecule has 100 valence electrons. The number of benzene rings is 1. The molecule has 6 heteroatoms. The third kappa shape index (κ3) is 2.58. The predicted molar refractivity (Wildman–Crippen MR) is 69.3 cm³/mol. The Balaban J connectivity index is 2.59. The number of aliphatic hydroxyl groups excluding tert-OH is 1. The van der Waals surface area contributed by atoms with Crippen LogP contribution < -0.4 is 15.0 Å². The van der Waals surface area contributed by atoms with Crippen LogP contribution in [0.15, 0.2) is 29.1 Å². The molecule has 0 fully saturated rings. The molecule has 0 unspecified atom stereocenters. The number of methoxy groups -OCH3 is 2. The molecule has 0 saturated carbocycles. The molecule has 0 atom stereocenters. The highest BCUT2D eigenvalue weighted by molar-refractivity contribution is 5.69. The van der Waals surface area contributed by atoms with Gasteiger partial charge in [-0.3, -0.25) is 4.79 Å². The molecule has 0 saturated heterocycles. The minimum atomic E-state index is -0.409. The van der Waals surface area contributed by atoms with E-state index in [1.165, 1.54) is 6.07 Å². The van der Waals surface area contributed by atoms with E-state index in [2.05, 4.69) is 10.2 Å². The topological polar surface area (TPSA) is 84.4 Å². The molecule has 1 heterocycles. The van der Waals surface area contributed by atoms with Gasteiger partial charge in [-0.05, 0) is 24.3 Å². The quantitative estimate of drug-likeness (QED) is 0.856. The zero-order chi connectivity index (χ0) is 13.8. The van der Waals surface area contributed by atoms with E-state index in [0.717, 1.165) is 0 Å². The summed E-state index contributed by atoms with van der Waals surface area (Å²) in [5, 5.41) is 15.4. The third-order valence-electron chi connectivity index (χ3n) is 2.73. The largest absolute Gasteiger partial charge is 0.497 e. The summed E-state index contributed by atoms with van der Waals surface area (Å²) in [6.07, 6.45) is 0. The van der Waals surface area contributed by atoms with Gasteiger partial charge < -0.3 is 14.6 Å². The molecule has 0 aliphatic carbocycles. The zero-order valence-corrected chi connectivity index (χ0v) is 10.6. The number of rotatable bonds is 4. The van der Waals surface area contributed by atoms with Gasteiger partial charge in [-0.2, -0.15) is 5.10 Å². The van der Waals surface area contributed by atoms with Gasteiger partial charge in [0.15, 0.2) is 0 Å². The van der Waals surface area contributed by atoms with E-state index in [1.807, 2.05) is 0 Å². The SMILES string of the molecule is COc1ccc(OC)c(-c2cc(CO)c(=O)[nH]n2)c1. The number of aliphatic hydroxyl groups is 1. The summed E-state index contributed by atoms with van der Waals surface area (Å²) in [7, 11) is 3.11. The molecule has 0 bridgehead atoms. The van der Waals surface area contributed by atoms with Gasteiger partial charge >= 0.3 is 0 Å². The lowest BCUT2D eigenvalue weighted by Crippen LogP contribution is -2.14. The molecule has 0 aliphatic rings. The third-order valence-corrected chi connectivity index (χ3v) is 2.73. The van der Waals surface area contributed by atoms with Crippen molar-refractivity contribution in [3.05, 3.63) is 40.2 Å². The second kappa shape index (κ2) is 5.53. The first-order valence-electron chi connectivity index (χ1n) is 5.61. The molecular formula is C13H14N2O4. The lowest BCUT2D eigenvalue weighted by atomic mass is 10.1. The summed E-state index contributed by atoms with van der Waals surface area (Å²) in [4.78, 5) is 11.4. The van der Waals surface area contributed by atoms with Crippen LogP contribution in [0, 0.1) is 0 Å². The van der Waals surface area contributed by atoms with Crippen molar-refractivity contribution in [2.75, 3.05) is 14.2 Å². The van der Waals surface area contributed by atoms with Crippen LogP contribution in [0.4, 0.5) is 0 Å². The van der Waals surface area contributed by atoms with Gasteiger partial charge in [0.25, 0.3) is 5.56 Å². The monoisotopic (exact) mass is 262 g/mol. The molecular weight excluding hydrogens is 248 g/mol. The van der Waals surface area contributed by atoms with Gasteiger partial charge in [0.2, 0.25) is 0 Å². The smallest absolute Gasteiger partial charge is 0.269 e. The van der Waals surface area contributed by atoms with Crippen molar-refractivity contribution in [1.29, 1.82) is 0 Å². The summed E-state index contributed by atoms with van der Waals surface area (Å²) in [6.45, 7) is -0.350. The number of hydrogen-bond donors (Lipinski definition) is 2. The fourth-order valence-corrected chi connectivity index (χ4v) is 1.72. The Hall–Kier alpha value is -2.34. The maximum absolute atomic E-state index is 11.4. The molecule has 0 radical (unpaired) electrons. The average Bonchev–Trinajstić information content (AvgIpc) is 2.47. The molecule has 1 aromatic carbocycles. The Morgan fingerprint density at radius 2 is 2.05 bits per heavy atom. The molecule has 6 nitrogen and oxygen atoms in total. The second-order valence-electron chi connectivity index (χ2n) is 3.83. The van der Waals surface area contributed by atoms with Crippen molar-refractivity contribution in [3.8, 4) is 22.8 Å². The van der Waals surface area contributed by atoms with Crippen LogP contribution >= 0.6 is 0 Å². The van der Waals surface area contributed by atoms with Crippen LogP contribution in [0.25, 0.3) is 11.3 Å². The Morgan fingerprint density at radius 1 is 1.26 bits per heavy atom. The second-order valence-corrected chi connectivity index (χ2v) is 3.83. The maximum Gasteiger partial charge on any atom is 0.269 e. The van der Waals surface area contributed by atoms with E-state index in [9.17, 15) is 4.79 Å². The van der Waals surface area contributed by atoms with Crippen molar-refractivity contribution in [2.24, 2.45) is 0 Å². The summed E-state index contributed by atoms with van der Waals surface area (Å²) < 4.78 is 10.4. The summed E-state index contributed by atoms with van der Waals surface area (Å²) in [6, 6.07) is 6.79. The molecule has 0 spiro atoms. The molecule has 1 aromatic heterocycles. The first-order chi connectivity index (χ1) is 9.19. The van der Waals surface area contributed by atoms with Gasteiger partial charge in [0.05, 0.1) is 26.5 Å². The van der Waals surface area contributed by atoms with E-state index < -0.39 is 5.56 Å². The molecule has 2 N–H and O–H groups in total. The molecule has 0 amide bonds. The van der Waals surface area contributed by atoms with Gasteiger partial charge in [0.1, 0.15) is 11.5 Å². The van der Waals surface area contributed by atoms with Crippen LogP contribution in [0.5, 0.6) is 11.5 Å².